The van der Waals surface area contributed by atoms with E-state index in [2.05, 4.69) is 42.7 Å². The molecule has 0 fully saturated rings. The topological polar surface area (TPSA) is 58.3 Å². The maximum atomic E-state index is 4.52. The lowest BCUT2D eigenvalue weighted by Crippen LogP contribution is -2.38. The Hall–Kier alpha value is -1.94. The zero-order valence-electron chi connectivity index (χ0n) is 15.1. The Kier molecular flexibility index (Phi) is 7.58. The molecule has 6 nitrogen and oxygen atoms in total. The van der Waals surface area contributed by atoms with E-state index in [9.17, 15) is 0 Å². The van der Waals surface area contributed by atoms with Gasteiger partial charge >= 0.3 is 0 Å². The van der Waals surface area contributed by atoms with Gasteiger partial charge in [0.1, 0.15) is 0 Å². The molecule has 0 spiro atoms. The summed E-state index contributed by atoms with van der Waals surface area (Å²) in [4.78, 5) is 15.1. The number of para-hydroxylation sites is 1. The number of benzene rings is 1. The number of nitrogens with zero attached hydrogens (tertiary/aromatic N) is 5. The molecular formula is C18H23IN6S. The fourth-order valence-electron chi connectivity index (χ4n) is 2.67. The number of hydrogen-bond acceptors (Lipinski definition) is 4. The van der Waals surface area contributed by atoms with E-state index in [1.165, 1.54) is 5.56 Å². The molecule has 3 rings (SSSR count). The minimum absolute atomic E-state index is 0. The summed E-state index contributed by atoms with van der Waals surface area (Å²) in [5.41, 5.74) is 3.35. The highest BCUT2D eigenvalue weighted by Gasteiger charge is 2.10. The van der Waals surface area contributed by atoms with E-state index in [1.54, 1.807) is 24.6 Å². The standard InChI is InChI=1S/C18H22N6S.HI/c1-14-22-16(12-25-14)11-23(3)18(19-2)21-10-15-6-4-5-7-17(15)24-9-8-20-13-24;/h4-9,12-13H,10-11H2,1-3H3,(H,19,21);1H. The van der Waals surface area contributed by atoms with Gasteiger partial charge in [0.05, 0.1) is 29.3 Å². The predicted molar refractivity (Wildman–Crippen MR) is 117 cm³/mol. The zero-order valence-corrected chi connectivity index (χ0v) is 18.2. The first-order valence-electron chi connectivity index (χ1n) is 8.06. The third-order valence-electron chi connectivity index (χ3n) is 3.85. The number of guanidine groups is 1. The molecule has 3 aromatic rings. The van der Waals surface area contributed by atoms with Crippen molar-refractivity contribution < 1.29 is 0 Å². The van der Waals surface area contributed by atoms with Crippen molar-refractivity contribution in [3.63, 3.8) is 0 Å². The van der Waals surface area contributed by atoms with E-state index in [0.29, 0.717) is 6.54 Å². The Bertz CT molecular complexity index is 843. The molecule has 0 aliphatic carbocycles. The van der Waals surface area contributed by atoms with Gasteiger partial charge in [-0.15, -0.1) is 35.3 Å². The number of rotatable bonds is 5. The van der Waals surface area contributed by atoms with Crippen LogP contribution in [0, 0.1) is 6.92 Å². The summed E-state index contributed by atoms with van der Waals surface area (Å²) in [6, 6.07) is 8.27. The van der Waals surface area contributed by atoms with Gasteiger partial charge in [-0.25, -0.2) is 9.97 Å². The van der Waals surface area contributed by atoms with Crippen molar-refractivity contribution >= 4 is 41.3 Å². The molecule has 0 unspecified atom stereocenters. The molecule has 0 radical (unpaired) electrons. The molecular weight excluding hydrogens is 459 g/mol. The first kappa shape index (κ1) is 20.4. The maximum Gasteiger partial charge on any atom is 0.194 e. The lowest BCUT2D eigenvalue weighted by molar-refractivity contribution is 0.470. The molecule has 0 aliphatic rings. The average molecular weight is 482 g/mol. The first-order chi connectivity index (χ1) is 12.2. The molecule has 2 heterocycles. The van der Waals surface area contributed by atoms with Crippen molar-refractivity contribution in [3.05, 3.63) is 64.6 Å². The van der Waals surface area contributed by atoms with Gasteiger partial charge in [-0.05, 0) is 18.6 Å². The van der Waals surface area contributed by atoms with Crippen LogP contribution in [-0.2, 0) is 13.1 Å². The van der Waals surface area contributed by atoms with E-state index < -0.39 is 0 Å². The Morgan fingerprint density at radius 3 is 2.81 bits per heavy atom. The minimum atomic E-state index is 0. The quantitative estimate of drug-likeness (QED) is 0.344. The summed E-state index contributed by atoms with van der Waals surface area (Å²) in [7, 11) is 3.82. The Morgan fingerprint density at radius 1 is 1.35 bits per heavy atom. The predicted octanol–water partition coefficient (Wildman–Crippen LogP) is 3.46. The second-order valence-corrected chi connectivity index (χ2v) is 6.78. The second kappa shape index (κ2) is 9.67. The molecule has 0 saturated carbocycles. The van der Waals surface area contributed by atoms with E-state index in [4.69, 9.17) is 0 Å². The van der Waals surface area contributed by atoms with Gasteiger partial charge in [-0.1, -0.05) is 18.2 Å². The summed E-state index contributed by atoms with van der Waals surface area (Å²) in [5, 5.41) is 6.61. The molecule has 0 aliphatic heterocycles. The summed E-state index contributed by atoms with van der Waals surface area (Å²) < 4.78 is 2.02. The molecule has 0 amide bonds. The molecule has 1 aromatic carbocycles. The highest BCUT2D eigenvalue weighted by Crippen LogP contribution is 2.14. The second-order valence-electron chi connectivity index (χ2n) is 5.71. The number of nitrogens with one attached hydrogen (secondary N) is 1. The number of hydrogen-bond donors (Lipinski definition) is 1. The van der Waals surface area contributed by atoms with Crippen molar-refractivity contribution in [3.8, 4) is 5.69 Å². The van der Waals surface area contributed by atoms with E-state index in [0.717, 1.165) is 28.9 Å². The monoisotopic (exact) mass is 482 g/mol. The summed E-state index contributed by atoms with van der Waals surface area (Å²) in [5.74, 6) is 0.839. The van der Waals surface area contributed by atoms with E-state index in [-0.39, 0.29) is 24.0 Å². The van der Waals surface area contributed by atoms with Crippen LogP contribution in [0.25, 0.3) is 5.69 Å². The molecule has 0 atom stereocenters. The van der Waals surface area contributed by atoms with Gasteiger partial charge in [0, 0.05) is 38.4 Å². The van der Waals surface area contributed by atoms with Gasteiger partial charge in [0.2, 0.25) is 0 Å². The van der Waals surface area contributed by atoms with Gasteiger partial charge in [-0.2, -0.15) is 0 Å². The van der Waals surface area contributed by atoms with Crippen molar-refractivity contribution in [2.24, 2.45) is 4.99 Å². The van der Waals surface area contributed by atoms with Crippen LogP contribution in [0.3, 0.4) is 0 Å². The number of halogens is 1. The van der Waals surface area contributed by atoms with Gasteiger partial charge in [-0.3, -0.25) is 4.99 Å². The molecule has 0 saturated heterocycles. The Balaban J connectivity index is 0.00000243. The summed E-state index contributed by atoms with van der Waals surface area (Å²) in [6.07, 6.45) is 5.54. The zero-order chi connectivity index (χ0) is 17.6. The van der Waals surface area contributed by atoms with Crippen molar-refractivity contribution in [2.75, 3.05) is 14.1 Å². The third kappa shape index (κ3) is 5.04. The van der Waals surface area contributed by atoms with E-state index >= 15 is 0 Å². The normalized spacial score (nSPS) is 11.1. The van der Waals surface area contributed by atoms with Crippen LogP contribution < -0.4 is 5.32 Å². The lowest BCUT2D eigenvalue weighted by Gasteiger charge is -2.22. The van der Waals surface area contributed by atoms with Crippen LogP contribution in [0.4, 0.5) is 0 Å². The fraction of sp³-hybridized carbons (Fsp3) is 0.278. The lowest BCUT2D eigenvalue weighted by atomic mass is 10.1. The smallest absolute Gasteiger partial charge is 0.194 e. The van der Waals surface area contributed by atoms with Gasteiger partial charge in [0.25, 0.3) is 0 Å². The number of aromatic nitrogens is 3. The number of thiazole rings is 1. The maximum absolute atomic E-state index is 4.52. The Labute approximate surface area is 175 Å². The molecule has 2 aromatic heterocycles. The summed E-state index contributed by atoms with van der Waals surface area (Å²) >= 11 is 1.67. The number of imidazole rings is 1. The van der Waals surface area contributed by atoms with Crippen LogP contribution in [0.15, 0.2) is 53.4 Å². The minimum Gasteiger partial charge on any atom is -0.352 e. The molecule has 8 heteroatoms. The molecule has 138 valence electrons. The SMILES string of the molecule is CN=C(NCc1ccccc1-n1ccnc1)N(C)Cc1csc(C)n1.I. The van der Waals surface area contributed by atoms with Crippen molar-refractivity contribution in [1.29, 1.82) is 0 Å². The van der Waals surface area contributed by atoms with Gasteiger partial charge < -0.3 is 14.8 Å². The highest BCUT2D eigenvalue weighted by atomic mass is 127. The average Bonchev–Trinajstić information content (AvgIpc) is 3.28. The molecule has 26 heavy (non-hydrogen) atoms. The Morgan fingerprint density at radius 2 is 2.15 bits per heavy atom. The van der Waals surface area contributed by atoms with Crippen LogP contribution in [-0.4, -0.2) is 39.5 Å². The number of aryl methyl sites for hydroxylation is 1. The van der Waals surface area contributed by atoms with Crippen LogP contribution in [0.2, 0.25) is 0 Å². The van der Waals surface area contributed by atoms with Crippen LogP contribution in [0.5, 0.6) is 0 Å². The van der Waals surface area contributed by atoms with Crippen molar-refractivity contribution in [1.82, 2.24) is 24.8 Å². The van der Waals surface area contributed by atoms with E-state index in [1.807, 2.05) is 43.2 Å². The third-order valence-corrected chi connectivity index (χ3v) is 4.67. The van der Waals surface area contributed by atoms with Crippen LogP contribution in [0.1, 0.15) is 16.3 Å². The number of aliphatic imine (C=N–C) groups is 1. The summed E-state index contributed by atoms with van der Waals surface area (Å²) in [6.45, 7) is 3.43. The molecule has 1 N–H and O–H groups in total. The van der Waals surface area contributed by atoms with Crippen LogP contribution >= 0.6 is 35.3 Å². The van der Waals surface area contributed by atoms with Gasteiger partial charge in [0.15, 0.2) is 5.96 Å². The van der Waals surface area contributed by atoms with Crippen molar-refractivity contribution in [2.45, 2.75) is 20.0 Å². The first-order valence-corrected chi connectivity index (χ1v) is 8.94. The highest BCUT2D eigenvalue weighted by molar-refractivity contribution is 14.0. The molecule has 0 bridgehead atoms. The fourth-order valence-corrected chi connectivity index (χ4v) is 3.28. The largest absolute Gasteiger partial charge is 0.352 e.